The van der Waals surface area contributed by atoms with E-state index in [1.165, 1.54) is 7.11 Å². The van der Waals surface area contributed by atoms with Crippen molar-refractivity contribution in [3.8, 4) is 0 Å². The van der Waals surface area contributed by atoms with Crippen molar-refractivity contribution in [3.63, 3.8) is 0 Å². The molecule has 0 radical (unpaired) electrons. The summed E-state index contributed by atoms with van der Waals surface area (Å²) >= 11 is 9.60. The number of ether oxygens (including phenoxy) is 1. The van der Waals surface area contributed by atoms with Crippen molar-refractivity contribution in [1.29, 1.82) is 0 Å². The van der Waals surface area contributed by atoms with Crippen LogP contribution in [0, 0.1) is 0 Å². The molecule has 4 aromatic carbocycles. The van der Waals surface area contributed by atoms with E-state index < -0.39 is 12.0 Å². The first-order valence-electron chi connectivity index (χ1n) is 9.71. The lowest BCUT2D eigenvalue weighted by Gasteiger charge is -2.19. The fourth-order valence-electron chi connectivity index (χ4n) is 3.74. The smallest absolute Gasteiger partial charge is 0.328 e. The molecule has 4 nitrogen and oxygen atoms in total. The van der Waals surface area contributed by atoms with Crippen LogP contribution in [0.2, 0.25) is 5.02 Å². The number of methoxy groups -OCH3 is 1. The molecule has 0 aliphatic carbocycles. The summed E-state index contributed by atoms with van der Waals surface area (Å²) in [6, 6.07) is 22.0. The van der Waals surface area contributed by atoms with Crippen LogP contribution in [0.15, 0.2) is 77.3 Å². The Bertz CT molecular complexity index is 1250. The van der Waals surface area contributed by atoms with E-state index in [4.69, 9.17) is 16.3 Å². The van der Waals surface area contributed by atoms with E-state index in [9.17, 15) is 9.59 Å². The summed E-state index contributed by atoms with van der Waals surface area (Å²) in [6.45, 7) is 0. The summed E-state index contributed by atoms with van der Waals surface area (Å²) in [5, 5.41) is 7.00. The Kier molecular flexibility index (Phi) is 6.25. The molecule has 0 aliphatic rings. The number of esters is 1. The fraction of sp³-hybridized carbons (Fsp3) is 0.120. The number of rotatable bonds is 5. The molecule has 0 aliphatic heterocycles. The molecule has 0 bridgehead atoms. The maximum Gasteiger partial charge on any atom is 0.328 e. The van der Waals surface area contributed by atoms with E-state index in [1.807, 2.05) is 54.6 Å². The Morgan fingerprint density at radius 1 is 0.968 bits per heavy atom. The molecular formula is C25H19BrClNO3. The second kappa shape index (κ2) is 9.08. The number of hydrogen-bond donors (Lipinski definition) is 1. The first-order chi connectivity index (χ1) is 15.0. The summed E-state index contributed by atoms with van der Waals surface area (Å²) in [7, 11) is 1.31. The molecule has 6 heteroatoms. The van der Waals surface area contributed by atoms with Gasteiger partial charge in [0.1, 0.15) is 6.04 Å². The Hall–Kier alpha value is -2.89. The van der Waals surface area contributed by atoms with Crippen LogP contribution in [0.5, 0.6) is 0 Å². The summed E-state index contributed by atoms with van der Waals surface area (Å²) in [5.41, 5.74) is 1.33. The molecule has 4 rings (SSSR count). The Morgan fingerprint density at radius 2 is 1.58 bits per heavy atom. The van der Waals surface area contributed by atoms with E-state index in [1.54, 1.807) is 12.1 Å². The molecule has 1 amide bonds. The van der Waals surface area contributed by atoms with Crippen LogP contribution in [0.4, 0.5) is 0 Å². The van der Waals surface area contributed by atoms with Gasteiger partial charge in [-0.05, 0) is 51.4 Å². The summed E-state index contributed by atoms with van der Waals surface area (Å²) < 4.78 is 5.77. The van der Waals surface area contributed by atoms with Crippen molar-refractivity contribution in [3.05, 3.63) is 93.4 Å². The monoisotopic (exact) mass is 495 g/mol. The largest absolute Gasteiger partial charge is 0.467 e. The molecule has 0 saturated carbocycles. The third-order valence-corrected chi connectivity index (χ3v) is 6.23. The average molecular weight is 497 g/mol. The molecule has 0 saturated heterocycles. The molecule has 0 unspecified atom stereocenters. The number of amides is 1. The van der Waals surface area contributed by atoms with Crippen molar-refractivity contribution in [2.75, 3.05) is 7.11 Å². The van der Waals surface area contributed by atoms with Gasteiger partial charge in [-0.1, -0.05) is 76.1 Å². The van der Waals surface area contributed by atoms with Crippen molar-refractivity contribution >= 4 is 61.0 Å². The standard InChI is InChI=1S/C25H19BrClNO3/c1-31-25(30)22(14-17-13-18(27)10-11-21(17)26)28-24(29)23-19-8-4-2-6-15(19)12-16-7-3-5-9-20(16)23/h2-13,22H,14H2,1H3,(H,28,29)/t22-/m1/s1. The van der Waals surface area contributed by atoms with Crippen LogP contribution in [-0.2, 0) is 16.0 Å². The van der Waals surface area contributed by atoms with Crippen LogP contribution in [0.3, 0.4) is 0 Å². The van der Waals surface area contributed by atoms with Crippen molar-refractivity contribution in [2.45, 2.75) is 12.5 Å². The normalized spacial score (nSPS) is 12.0. The molecule has 0 spiro atoms. The Morgan fingerprint density at radius 3 is 2.19 bits per heavy atom. The molecule has 0 fully saturated rings. The van der Waals surface area contributed by atoms with Gasteiger partial charge in [0.15, 0.2) is 0 Å². The highest BCUT2D eigenvalue weighted by atomic mass is 79.9. The molecule has 31 heavy (non-hydrogen) atoms. The predicted octanol–water partition coefficient (Wildman–Crippen LogP) is 5.92. The second-order valence-corrected chi connectivity index (χ2v) is 8.47. The van der Waals surface area contributed by atoms with Crippen LogP contribution in [0.25, 0.3) is 21.5 Å². The third kappa shape index (κ3) is 4.43. The Balaban J connectivity index is 1.76. The van der Waals surface area contributed by atoms with Crippen molar-refractivity contribution < 1.29 is 14.3 Å². The molecule has 0 aromatic heterocycles. The SMILES string of the molecule is COC(=O)[C@@H](Cc1cc(Cl)ccc1Br)NC(=O)c1c2ccccc2cc2ccccc12. The van der Waals surface area contributed by atoms with E-state index in [2.05, 4.69) is 27.3 Å². The zero-order valence-corrected chi connectivity index (χ0v) is 19.0. The highest BCUT2D eigenvalue weighted by Gasteiger charge is 2.25. The number of halogens is 2. The van der Waals surface area contributed by atoms with Crippen molar-refractivity contribution in [1.82, 2.24) is 5.32 Å². The van der Waals surface area contributed by atoms with Crippen LogP contribution in [-0.4, -0.2) is 25.0 Å². The van der Waals surface area contributed by atoms with E-state index >= 15 is 0 Å². The first-order valence-corrected chi connectivity index (χ1v) is 10.9. The van der Waals surface area contributed by atoms with Gasteiger partial charge in [0.2, 0.25) is 0 Å². The van der Waals surface area contributed by atoms with Gasteiger partial charge in [0, 0.05) is 15.9 Å². The number of carbonyl (C=O) groups excluding carboxylic acids is 2. The molecule has 0 heterocycles. The second-order valence-electron chi connectivity index (χ2n) is 7.18. The lowest BCUT2D eigenvalue weighted by atomic mass is 9.95. The maximum absolute atomic E-state index is 13.5. The van der Waals surface area contributed by atoms with Gasteiger partial charge < -0.3 is 10.1 Å². The third-order valence-electron chi connectivity index (χ3n) is 5.22. The lowest BCUT2D eigenvalue weighted by Crippen LogP contribution is -2.43. The number of nitrogens with one attached hydrogen (secondary N) is 1. The van der Waals surface area contributed by atoms with E-state index in [-0.39, 0.29) is 12.3 Å². The van der Waals surface area contributed by atoms with E-state index in [0.29, 0.717) is 10.6 Å². The average Bonchev–Trinajstić information content (AvgIpc) is 2.78. The molecule has 1 atom stereocenters. The van der Waals surface area contributed by atoms with Crippen LogP contribution in [0.1, 0.15) is 15.9 Å². The van der Waals surface area contributed by atoms with Gasteiger partial charge in [-0.2, -0.15) is 0 Å². The minimum Gasteiger partial charge on any atom is -0.467 e. The first kappa shape index (κ1) is 21.3. The molecular weight excluding hydrogens is 478 g/mol. The van der Waals surface area contributed by atoms with E-state index in [0.717, 1.165) is 31.6 Å². The van der Waals surface area contributed by atoms with Gasteiger partial charge in [0.05, 0.1) is 12.7 Å². The zero-order chi connectivity index (χ0) is 22.0. The molecule has 1 N–H and O–H groups in total. The number of carbonyl (C=O) groups is 2. The zero-order valence-electron chi connectivity index (χ0n) is 16.7. The molecule has 4 aromatic rings. The van der Waals surface area contributed by atoms with Gasteiger partial charge >= 0.3 is 5.97 Å². The summed E-state index contributed by atoms with van der Waals surface area (Å²) in [5.74, 6) is -0.855. The number of benzene rings is 4. The minimum atomic E-state index is -0.870. The number of hydrogen-bond acceptors (Lipinski definition) is 3. The maximum atomic E-state index is 13.5. The fourth-order valence-corrected chi connectivity index (χ4v) is 4.35. The summed E-state index contributed by atoms with van der Waals surface area (Å²) in [6.07, 6.45) is 0.238. The highest BCUT2D eigenvalue weighted by Crippen LogP contribution is 2.29. The van der Waals surface area contributed by atoms with Crippen molar-refractivity contribution in [2.24, 2.45) is 0 Å². The van der Waals surface area contributed by atoms with Gasteiger partial charge in [-0.3, -0.25) is 4.79 Å². The quantitative estimate of drug-likeness (QED) is 0.275. The van der Waals surface area contributed by atoms with Crippen LogP contribution < -0.4 is 5.32 Å². The predicted molar refractivity (Wildman–Crippen MR) is 128 cm³/mol. The number of fused-ring (bicyclic) bond motifs is 2. The summed E-state index contributed by atoms with van der Waals surface area (Å²) in [4.78, 5) is 26.0. The van der Waals surface area contributed by atoms with Gasteiger partial charge in [-0.25, -0.2) is 4.79 Å². The lowest BCUT2D eigenvalue weighted by molar-refractivity contribution is -0.142. The topological polar surface area (TPSA) is 55.4 Å². The van der Waals surface area contributed by atoms with Gasteiger partial charge in [-0.15, -0.1) is 0 Å². The van der Waals surface area contributed by atoms with Crippen LogP contribution >= 0.6 is 27.5 Å². The minimum absolute atomic E-state index is 0.238. The van der Waals surface area contributed by atoms with Gasteiger partial charge in [0.25, 0.3) is 5.91 Å². The Labute approximate surface area is 193 Å². The highest BCUT2D eigenvalue weighted by molar-refractivity contribution is 9.10. The molecule has 156 valence electrons.